The van der Waals surface area contributed by atoms with E-state index in [2.05, 4.69) is 39.8 Å². The summed E-state index contributed by atoms with van der Waals surface area (Å²) >= 11 is 1.28. The van der Waals surface area contributed by atoms with Gasteiger partial charge in [0, 0.05) is 6.42 Å². The molecule has 30 heavy (non-hydrogen) atoms. The van der Waals surface area contributed by atoms with E-state index in [0.717, 1.165) is 11.1 Å². The highest BCUT2D eigenvalue weighted by Crippen LogP contribution is 2.22. The van der Waals surface area contributed by atoms with Crippen molar-refractivity contribution in [1.82, 2.24) is 20.2 Å². The average molecular weight is 418 g/mol. The average Bonchev–Trinajstić information content (AvgIpc) is 3.12. The topological polar surface area (TPSA) is 85.8 Å². The molecule has 7 heteroatoms. The van der Waals surface area contributed by atoms with Crippen LogP contribution in [0.5, 0.6) is 0 Å². The third-order valence-corrected chi connectivity index (χ3v) is 5.92. The predicted octanol–water partition coefficient (Wildman–Crippen LogP) is 3.71. The molecule has 152 valence electrons. The van der Waals surface area contributed by atoms with Crippen molar-refractivity contribution in [3.63, 3.8) is 0 Å². The number of hydrogen-bond donors (Lipinski definition) is 2. The summed E-state index contributed by atoms with van der Waals surface area (Å²) in [6, 6.07) is 24.2. The molecule has 1 atom stereocenters. The molecule has 6 nitrogen and oxygen atoms in total. The highest BCUT2D eigenvalue weighted by molar-refractivity contribution is 7.99. The number of nitrogens with two attached hydrogens (primary N) is 1. The number of fused-ring (bicyclic) bond motifs is 1. The van der Waals surface area contributed by atoms with Gasteiger partial charge < -0.3 is 11.2 Å². The van der Waals surface area contributed by atoms with Crippen molar-refractivity contribution >= 4 is 28.4 Å². The second kappa shape index (κ2) is 9.00. The Morgan fingerprint density at radius 1 is 1.03 bits per heavy atom. The molecule has 0 saturated carbocycles. The minimum Gasteiger partial charge on any atom is -0.349 e. The van der Waals surface area contributed by atoms with E-state index in [-0.39, 0.29) is 17.7 Å². The van der Waals surface area contributed by atoms with Crippen LogP contribution in [0.2, 0.25) is 0 Å². The van der Waals surface area contributed by atoms with Gasteiger partial charge in [-0.15, -0.1) is 10.2 Å². The minimum atomic E-state index is -0.0741. The van der Waals surface area contributed by atoms with Crippen molar-refractivity contribution in [3.8, 4) is 0 Å². The van der Waals surface area contributed by atoms with E-state index >= 15 is 0 Å². The predicted molar refractivity (Wildman–Crippen MR) is 121 cm³/mol. The molecule has 0 saturated heterocycles. The van der Waals surface area contributed by atoms with Gasteiger partial charge in [0.2, 0.25) is 11.1 Å². The number of benzene rings is 3. The Kier molecular flexibility index (Phi) is 5.99. The van der Waals surface area contributed by atoms with Gasteiger partial charge in [0.25, 0.3) is 0 Å². The number of amides is 1. The molecule has 3 aromatic carbocycles. The molecule has 1 aromatic heterocycles. The minimum absolute atomic E-state index is 0.0584. The number of thioether (sulfide) groups is 1. The van der Waals surface area contributed by atoms with Gasteiger partial charge in [-0.3, -0.25) is 4.79 Å². The van der Waals surface area contributed by atoms with Crippen LogP contribution in [0.1, 0.15) is 29.9 Å². The fraction of sp³-hybridized carbons (Fsp3) is 0.174. The highest BCUT2D eigenvalue weighted by atomic mass is 32.2. The Bertz CT molecular complexity index is 1150. The molecule has 3 N–H and O–H groups in total. The quantitative estimate of drug-likeness (QED) is 0.354. The van der Waals surface area contributed by atoms with Crippen LogP contribution in [0.3, 0.4) is 0 Å². The normalized spacial score (nSPS) is 12.0. The van der Waals surface area contributed by atoms with Crippen LogP contribution >= 0.6 is 11.8 Å². The summed E-state index contributed by atoms with van der Waals surface area (Å²) in [6.45, 7) is 1.96. The van der Waals surface area contributed by atoms with E-state index in [1.54, 1.807) is 0 Å². The first kappa shape index (κ1) is 20.0. The van der Waals surface area contributed by atoms with Gasteiger partial charge in [0.1, 0.15) is 0 Å². The van der Waals surface area contributed by atoms with Crippen LogP contribution in [0.4, 0.5) is 0 Å². The zero-order valence-electron chi connectivity index (χ0n) is 16.7. The maximum atomic E-state index is 12.3. The molecule has 0 aliphatic rings. The van der Waals surface area contributed by atoms with Crippen molar-refractivity contribution in [1.29, 1.82) is 0 Å². The number of rotatable bonds is 7. The first-order chi connectivity index (χ1) is 14.6. The summed E-state index contributed by atoms with van der Waals surface area (Å²) in [6.07, 6.45) is 0.572. The van der Waals surface area contributed by atoms with Crippen molar-refractivity contribution in [3.05, 3.63) is 89.7 Å². The van der Waals surface area contributed by atoms with Crippen LogP contribution < -0.4 is 11.2 Å². The zero-order valence-corrected chi connectivity index (χ0v) is 17.5. The van der Waals surface area contributed by atoms with Crippen molar-refractivity contribution < 1.29 is 4.79 Å². The van der Waals surface area contributed by atoms with Gasteiger partial charge in [-0.2, -0.15) is 0 Å². The molecule has 0 radical (unpaired) electrons. The number of nitrogen functional groups attached to an aromatic ring is 1. The first-order valence-corrected chi connectivity index (χ1v) is 10.7. The van der Waals surface area contributed by atoms with Gasteiger partial charge in [-0.05, 0) is 28.8 Å². The van der Waals surface area contributed by atoms with E-state index < -0.39 is 0 Å². The lowest BCUT2D eigenvalue weighted by atomic mass is 10.0. The number of nitrogens with one attached hydrogen (secondary N) is 1. The molecule has 0 unspecified atom stereocenters. The number of carbonyl (C=O) groups is 1. The largest absolute Gasteiger partial charge is 0.349 e. The summed E-state index contributed by atoms with van der Waals surface area (Å²) in [7, 11) is 0. The third-order valence-electron chi connectivity index (χ3n) is 4.97. The second-order valence-electron chi connectivity index (χ2n) is 7.07. The lowest BCUT2D eigenvalue weighted by Gasteiger charge is -2.13. The third kappa shape index (κ3) is 4.46. The highest BCUT2D eigenvalue weighted by Gasteiger charge is 2.15. The molecule has 1 heterocycles. The Hall–Kier alpha value is -3.32. The standard InChI is InChI=1S/C23H23N5OS/c1-16(17-8-3-2-4-9-17)25-22(29)15-30-23-27-26-21(28(23)24)14-19-12-7-11-18-10-5-6-13-20(18)19/h2-13,16H,14-15,24H2,1H3,(H,25,29)/t16-/m1/s1. The van der Waals surface area contributed by atoms with Crippen molar-refractivity contribution in [2.75, 3.05) is 11.6 Å². The van der Waals surface area contributed by atoms with Crippen LogP contribution in [-0.4, -0.2) is 26.5 Å². The Labute approximate surface area is 179 Å². The maximum absolute atomic E-state index is 12.3. The van der Waals surface area contributed by atoms with E-state index in [1.165, 1.54) is 27.2 Å². The Balaban J connectivity index is 1.39. The number of nitrogens with zero attached hydrogens (tertiary/aromatic N) is 3. The molecule has 1 amide bonds. The van der Waals surface area contributed by atoms with E-state index in [1.807, 2.05) is 55.5 Å². The summed E-state index contributed by atoms with van der Waals surface area (Å²) in [5, 5.41) is 14.3. The smallest absolute Gasteiger partial charge is 0.230 e. The molecule has 0 bridgehead atoms. The van der Waals surface area contributed by atoms with Crippen molar-refractivity contribution in [2.24, 2.45) is 0 Å². The molecule has 4 rings (SSSR count). The van der Waals surface area contributed by atoms with E-state index in [4.69, 9.17) is 5.84 Å². The van der Waals surface area contributed by atoms with Crippen molar-refractivity contribution in [2.45, 2.75) is 24.5 Å². The van der Waals surface area contributed by atoms with Crippen LogP contribution in [0.25, 0.3) is 10.8 Å². The van der Waals surface area contributed by atoms with Gasteiger partial charge >= 0.3 is 0 Å². The SMILES string of the molecule is C[C@@H](NC(=O)CSc1nnc(Cc2cccc3ccccc23)n1N)c1ccccc1. The fourth-order valence-corrected chi connectivity index (χ4v) is 4.07. The van der Waals surface area contributed by atoms with Crippen LogP contribution in [0, 0.1) is 0 Å². The Morgan fingerprint density at radius 3 is 2.60 bits per heavy atom. The summed E-state index contributed by atoms with van der Waals surface area (Å²) in [5.74, 6) is 7.02. The molecular formula is C23H23N5OS. The van der Waals surface area contributed by atoms with Crippen LogP contribution in [-0.2, 0) is 11.2 Å². The van der Waals surface area contributed by atoms with E-state index in [9.17, 15) is 4.79 Å². The lowest BCUT2D eigenvalue weighted by Crippen LogP contribution is -2.28. The summed E-state index contributed by atoms with van der Waals surface area (Å²) in [5.41, 5.74) is 2.20. The molecule has 0 fully saturated rings. The van der Waals surface area contributed by atoms with Gasteiger partial charge in [-0.1, -0.05) is 84.6 Å². The summed E-state index contributed by atoms with van der Waals surface area (Å²) < 4.78 is 1.47. The monoisotopic (exact) mass is 417 g/mol. The second-order valence-corrected chi connectivity index (χ2v) is 8.01. The number of aromatic nitrogens is 3. The summed E-state index contributed by atoms with van der Waals surface area (Å²) in [4.78, 5) is 12.3. The van der Waals surface area contributed by atoms with Crippen LogP contribution in [0.15, 0.2) is 78.0 Å². The fourth-order valence-electron chi connectivity index (χ4n) is 3.38. The Morgan fingerprint density at radius 2 is 1.77 bits per heavy atom. The number of carbonyl (C=O) groups excluding carboxylic acids is 1. The van der Waals surface area contributed by atoms with Gasteiger partial charge in [0.15, 0.2) is 5.82 Å². The molecule has 0 spiro atoms. The molecule has 4 aromatic rings. The maximum Gasteiger partial charge on any atom is 0.230 e. The molecule has 0 aliphatic heterocycles. The van der Waals surface area contributed by atoms with E-state index in [0.29, 0.717) is 17.4 Å². The molecular weight excluding hydrogens is 394 g/mol. The zero-order chi connectivity index (χ0) is 20.9. The lowest BCUT2D eigenvalue weighted by molar-refractivity contribution is -0.119. The van der Waals surface area contributed by atoms with Gasteiger partial charge in [0.05, 0.1) is 11.8 Å². The molecule has 0 aliphatic carbocycles. The van der Waals surface area contributed by atoms with Gasteiger partial charge in [-0.25, -0.2) is 4.68 Å². The first-order valence-electron chi connectivity index (χ1n) is 9.75. The number of hydrogen-bond acceptors (Lipinski definition) is 5.